The molecule has 0 aromatic rings. The monoisotopic (exact) mass is 324 g/mol. The average Bonchev–Trinajstić information content (AvgIpc) is 2.44. The molecular weight excluding hydrogens is 296 g/mol. The summed E-state index contributed by atoms with van der Waals surface area (Å²) in [5.74, 6) is 1.23. The molecule has 0 aromatic carbocycles. The Kier molecular flexibility index (Phi) is 7.80. The van der Waals surface area contributed by atoms with Gasteiger partial charge in [0.15, 0.2) is 0 Å². The molecule has 1 aliphatic rings. The lowest BCUT2D eigenvalue weighted by atomic mass is 9.97. The van der Waals surface area contributed by atoms with Crippen LogP contribution in [0.2, 0.25) is 0 Å². The number of hydrogen-bond donors (Lipinski definition) is 0. The molecule has 0 aliphatic carbocycles. The normalized spacial score (nSPS) is 20.4. The zero-order valence-electron chi connectivity index (χ0n) is 13.0. The van der Waals surface area contributed by atoms with Crippen LogP contribution in [-0.4, -0.2) is 62.0 Å². The molecule has 1 atom stereocenters. The van der Waals surface area contributed by atoms with Crippen molar-refractivity contribution in [2.75, 3.05) is 44.4 Å². The Morgan fingerprint density at radius 2 is 1.80 bits per heavy atom. The van der Waals surface area contributed by atoms with E-state index in [-0.39, 0.29) is 11.7 Å². The Morgan fingerprint density at radius 3 is 2.25 bits per heavy atom. The lowest BCUT2D eigenvalue weighted by molar-refractivity contribution is 0.193. The maximum atomic E-state index is 12.3. The van der Waals surface area contributed by atoms with Gasteiger partial charge < -0.3 is 4.90 Å². The summed E-state index contributed by atoms with van der Waals surface area (Å²) in [5.41, 5.74) is 0. The fraction of sp³-hybridized carbons (Fsp3) is 1.00. The first-order chi connectivity index (χ1) is 9.42. The molecule has 0 spiro atoms. The molecule has 1 rings (SSSR count). The highest BCUT2D eigenvalue weighted by atomic mass is 35.5. The van der Waals surface area contributed by atoms with Crippen molar-refractivity contribution >= 4 is 21.6 Å². The molecule has 4 nitrogen and oxygen atoms in total. The summed E-state index contributed by atoms with van der Waals surface area (Å²) >= 11 is 5.72. The van der Waals surface area contributed by atoms with E-state index in [1.54, 1.807) is 4.31 Å². The minimum absolute atomic E-state index is 0.0232. The molecule has 20 heavy (non-hydrogen) atoms. The topological polar surface area (TPSA) is 40.6 Å². The van der Waals surface area contributed by atoms with Gasteiger partial charge in [-0.2, -0.15) is 0 Å². The Bertz CT molecular complexity index is 363. The van der Waals surface area contributed by atoms with Gasteiger partial charge in [0, 0.05) is 25.5 Å². The van der Waals surface area contributed by atoms with Crippen LogP contribution in [0.3, 0.4) is 0 Å². The van der Waals surface area contributed by atoms with Gasteiger partial charge in [-0.25, -0.2) is 12.7 Å². The van der Waals surface area contributed by atoms with Crippen LogP contribution in [0.1, 0.15) is 33.6 Å². The van der Waals surface area contributed by atoms with Crippen LogP contribution in [-0.2, 0) is 10.0 Å². The Balaban J connectivity index is 2.45. The van der Waals surface area contributed by atoms with E-state index < -0.39 is 10.0 Å². The van der Waals surface area contributed by atoms with Crippen LogP contribution in [0, 0.1) is 11.8 Å². The predicted octanol–water partition coefficient (Wildman–Crippen LogP) is 2.24. The first-order valence-corrected chi connectivity index (χ1v) is 9.83. The van der Waals surface area contributed by atoms with Crippen molar-refractivity contribution in [3.05, 3.63) is 0 Å². The van der Waals surface area contributed by atoms with Gasteiger partial charge in [0.05, 0.1) is 5.75 Å². The number of hydrogen-bond acceptors (Lipinski definition) is 3. The highest BCUT2D eigenvalue weighted by molar-refractivity contribution is 7.89. The molecular formula is C14H29ClN2O2S. The van der Waals surface area contributed by atoms with Gasteiger partial charge in [-0.15, -0.1) is 11.6 Å². The van der Waals surface area contributed by atoms with Crippen LogP contribution in [0.4, 0.5) is 0 Å². The molecule has 0 radical (unpaired) electrons. The second-order valence-electron chi connectivity index (χ2n) is 5.87. The molecule has 1 fully saturated rings. The summed E-state index contributed by atoms with van der Waals surface area (Å²) in [5, 5.41) is 0. The number of alkyl halides is 1. The molecule has 1 aliphatic heterocycles. The second-order valence-corrected chi connectivity index (χ2v) is 8.19. The van der Waals surface area contributed by atoms with Gasteiger partial charge in [0.25, 0.3) is 0 Å². The smallest absolute Gasteiger partial charge is 0.214 e. The van der Waals surface area contributed by atoms with Crippen LogP contribution < -0.4 is 0 Å². The minimum atomic E-state index is -3.12. The second kappa shape index (κ2) is 8.57. The summed E-state index contributed by atoms with van der Waals surface area (Å²) in [6.45, 7) is 10.8. The lowest BCUT2D eigenvalue weighted by Gasteiger charge is -2.34. The SMILES string of the molecule is CCN(CC)CC1CCN(S(=O)(=O)CC(C)CCl)CC1. The van der Waals surface area contributed by atoms with Crippen molar-refractivity contribution in [3.63, 3.8) is 0 Å². The van der Waals surface area contributed by atoms with Crippen LogP contribution in [0.25, 0.3) is 0 Å². The van der Waals surface area contributed by atoms with Gasteiger partial charge in [-0.3, -0.25) is 0 Å². The van der Waals surface area contributed by atoms with Crippen LogP contribution in [0.5, 0.6) is 0 Å². The molecule has 1 unspecified atom stereocenters. The number of piperidine rings is 1. The van der Waals surface area contributed by atoms with Gasteiger partial charge in [0.1, 0.15) is 0 Å². The fourth-order valence-corrected chi connectivity index (χ4v) is 4.78. The Labute approximate surface area is 129 Å². The summed E-state index contributed by atoms with van der Waals surface area (Å²) in [4.78, 5) is 2.42. The van der Waals surface area contributed by atoms with Crippen LogP contribution >= 0.6 is 11.6 Å². The molecule has 1 saturated heterocycles. The summed E-state index contributed by atoms with van der Waals surface area (Å²) < 4.78 is 26.2. The number of halogens is 1. The third-order valence-corrected chi connectivity index (χ3v) is 6.81. The van der Waals surface area contributed by atoms with Gasteiger partial charge in [-0.05, 0) is 37.8 Å². The maximum Gasteiger partial charge on any atom is 0.214 e. The first-order valence-electron chi connectivity index (χ1n) is 7.69. The molecule has 0 aromatic heterocycles. The Morgan fingerprint density at radius 1 is 1.25 bits per heavy atom. The molecule has 6 heteroatoms. The van der Waals surface area contributed by atoms with E-state index in [9.17, 15) is 8.42 Å². The van der Waals surface area contributed by atoms with Crippen molar-refractivity contribution in [1.82, 2.24) is 9.21 Å². The van der Waals surface area contributed by atoms with Crippen molar-refractivity contribution < 1.29 is 8.42 Å². The summed E-state index contributed by atoms with van der Waals surface area (Å²) in [6, 6.07) is 0. The summed E-state index contributed by atoms with van der Waals surface area (Å²) in [6.07, 6.45) is 1.95. The minimum Gasteiger partial charge on any atom is -0.304 e. The molecule has 0 amide bonds. The quantitative estimate of drug-likeness (QED) is 0.643. The van der Waals surface area contributed by atoms with Gasteiger partial charge in [-0.1, -0.05) is 20.8 Å². The van der Waals surface area contributed by atoms with Gasteiger partial charge >= 0.3 is 0 Å². The van der Waals surface area contributed by atoms with E-state index in [2.05, 4.69) is 18.7 Å². The third-order valence-electron chi connectivity index (χ3n) is 4.14. The van der Waals surface area contributed by atoms with E-state index in [1.807, 2.05) is 6.92 Å². The zero-order chi connectivity index (χ0) is 15.2. The standard InChI is InChI=1S/C14H29ClN2O2S/c1-4-16(5-2)11-14-6-8-17(9-7-14)20(18,19)12-13(3)10-15/h13-14H,4-12H2,1-3H3. The predicted molar refractivity (Wildman–Crippen MR) is 85.8 cm³/mol. The number of nitrogens with zero attached hydrogens (tertiary/aromatic N) is 2. The Hall–Kier alpha value is 0.160. The first kappa shape index (κ1) is 18.2. The fourth-order valence-electron chi connectivity index (χ4n) is 2.73. The zero-order valence-corrected chi connectivity index (χ0v) is 14.6. The van der Waals surface area contributed by atoms with Crippen molar-refractivity contribution in [2.45, 2.75) is 33.6 Å². The van der Waals surface area contributed by atoms with E-state index in [0.717, 1.165) is 32.5 Å². The van der Waals surface area contributed by atoms with E-state index >= 15 is 0 Å². The average molecular weight is 325 g/mol. The van der Waals surface area contributed by atoms with E-state index in [1.165, 1.54) is 0 Å². The van der Waals surface area contributed by atoms with Crippen molar-refractivity contribution in [1.29, 1.82) is 0 Å². The van der Waals surface area contributed by atoms with E-state index in [4.69, 9.17) is 11.6 Å². The molecule has 0 N–H and O–H groups in total. The number of sulfonamides is 1. The highest BCUT2D eigenvalue weighted by Gasteiger charge is 2.29. The molecule has 0 saturated carbocycles. The molecule has 1 heterocycles. The molecule has 0 bridgehead atoms. The lowest BCUT2D eigenvalue weighted by Crippen LogP contribution is -2.43. The number of rotatable bonds is 8. The van der Waals surface area contributed by atoms with Gasteiger partial charge in [0.2, 0.25) is 10.0 Å². The maximum absolute atomic E-state index is 12.3. The van der Waals surface area contributed by atoms with Crippen molar-refractivity contribution in [2.24, 2.45) is 11.8 Å². The highest BCUT2D eigenvalue weighted by Crippen LogP contribution is 2.22. The van der Waals surface area contributed by atoms with Crippen molar-refractivity contribution in [3.8, 4) is 0 Å². The van der Waals surface area contributed by atoms with E-state index in [0.29, 0.717) is 24.9 Å². The third kappa shape index (κ3) is 5.51. The summed E-state index contributed by atoms with van der Waals surface area (Å²) in [7, 11) is -3.12. The molecule has 120 valence electrons. The van der Waals surface area contributed by atoms with Crippen LogP contribution in [0.15, 0.2) is 0 Å². The largest absolute Gasteiger partial charge is 0.304 e.